The molecule has 0 aliphatic carbocycles. The van der Waals surface area contributed by atoms with Crippen LogP contribution in [0, 0.1) is 10.1 Å². The number of methoxy groups -OCH3 is 2. The van der Waals surface area contributed by atoms with Crippen molar-refractivity contribution in [3.05, 3.63) is 63.5 Å². The summed E-state index contributed by atoms with van der Waals surface area (Å²) in [5, 5.41) is 15.9. The first kappa shape index (κ1) is 20.3. The summed E-state index contributed by atoms with van der Waals surface area (Å²) in [5.41, 5.74) is 2.06. The fourth-order valence-corrected chi connectivity index (χ4v) is 3.56. The highest BCUT2D eigenvalue weighted by atomic mass is 32.1. The third-order valence-corrected chi connectivity index (χ3v) is 4.97. The van der Waals surface area contributed by atoms with Gasteiger partial charge in [-0.3, -0.25) is 14.9 Å². The Labute approximate surface area is 171 Å². The molecule has 1 heterocycles. The number of aryl methyl sites for hydroxylation is 1. The van der Waals surface area contributed by atoms with Crippen LogP contribution in [0.1, 0.15) is 12.0 Å². The van der Waals surface area contributed by atoms with Crippen LogP contribution in [0.3, 0.4) is 0 Å². The van der Waals surface area contributed by atoms with Crippen molar-refractivity contribution >= 4 is 28.1 Å². The van der Waals surface area contributed by atoms with Gasteiger partial charge in [-0.25, -0.2) is 4.98 Å². The highest BCUT2D eigenvalue weighted by molar-refractivity contribution is 7.14. The minimum Gasteiger partial charge on any atom is -0.493 e. The maximum absolute atomic E-state index is 12.3. The van der Waals surface area contributed by atoms with Crippen LogP contribution >= 0.6 is 11.3 Å². The number of para-hydroxylation sites is 1. The summed E-state index contributed by atoms with van der Waals surface area (Å²) in [6.45, 7) is 0. The van der Waals surface area contributed by atoms with Gasteiger partial charge in [0.05, 0.1) is 24.8 Å². The third kappa shape index (κ3) is 4.88. The second kappa shape index (κ2) is 9.16. The number of nitrogens with zero attached hydrogens (tertiary/aromatic N) is 2. The summed E-state index contributed by atoms with van der Waals surface area (Å²) in [5.74, 6) is 1.05. The Morgan fingerprint density at radius 2 is 2.00 bits per heavy atom. The van der Waals surface area contributed by atoms with Crippen LogP contribution in [-0.4, -0.2) is 30.0 Å². The molecule has 8 nitrogen and oxygen atoms in total. The number of benzene rings is 2. The number of aromatic nitrogens is 1. The maximum atomic E-state index is 12.3. The van der Waals surface area contributed by atoms with Gasteiger partial charge in [-0.15, -0.1) is 11.3 Å². The Bertz CT molecular complexity index is 1030. The van der Waals surface area contributed by atoms with Crippen molar-refractivity contribution in [1.82, 2.24) is 4.98 Å². The van der Waals surface area contributed by atoms with E-state index in [-0.39, 0.29) is 18.0 Å². The fraction of sp³-hybridized carbons (Fsp3) is 0.200. The van der Waals surface area contributed by atoms with Gasteiger partial charge >= 0.3 is 0 Å². The van der Waals surface area contributed by atoms with E-state index in [0.717, 1.165) is 5.56 Å². The van der Waals surface area contributed by atoms with Gasteiger partial charge in [0.1, 0.15) is 0 Å². The first-order valence-electron chi connectivity index (χ1n) is 8.72. The average Bonchev–Trinajstić information content (AvgIpc) is 3.20. The molecule has 1 N–H and O–H groups in total. The smallest absolute Gasteiger partial charge is 0.270 e. The number of non-ortho nitro benzene ring substituents is 1. The minimum atomic E-state index is -0.453. The molecule has 0 saturated carbocycles. The van der Waals surface area contributed by atoms with Crippen LogP contribution in [0.15, 0.2) is 47.8 Å². The number of hydrogen-bond acceptors (Lipinski definition) is 7. The standard InChI is InChI=1S/C20H19N3O5S/c1-27-17-8-4-5-13(19(17)28-2)9-10-18(24)22-20-21-16(12-29-20)14-6-3-7-15(11-14)23(25)26/h3-8,11-12H,9-10H2,1-2H3,(H,21,22,24). The molecule has 9 heteroatoms. The molecule has 29 heavy (non-hydrogen) atoms. The number of nitro groups is 1. The van der Waals surface area contributed by atoms with Crippen LogP contribution in [-0.2, 0) is 11.2 Å². The number of anilines is 1. The van der Waals surface area contributed by atoms with Gasteiger partial charge in [-0.2, -0.15) is 0 Å². The van der Waals surface area contributed by atoms with Crippen LogP contribution in [0.5, 0.6) is 11.5 Å². The molecule has 0 aliphatic heterocycles. The lowest BCUT2D eigenvalue weighted by molar-refractivity contribution is -0.384. The van der Waals surface area contributed by atoms with Gasteiger partial charge in [0.25, 0.3) is 5.69 Å². The summed E-state index contributed by atoms with van der Waals surface area (Å²) >= 11 is 1.26. The predicted octanol–water partition coefficient (Wildman–Crippen LogP) is 4.31. The van der Waals surface area contributed by atoms with Gasteiger partial charge in [0.2, 0.25) is 5.91 Å². The topological polar surface area (TPSA) is 104 Å². The van der Waals surface area contributed by atoms with E-state index in [9.17, 15) is 14.9 Å². The molecule has 0 spiro atoms. The predicted molar refractivity (Wildman–Crippen MR) is 111 cm³/mol. The van der Waals surface area contributed by atoms with Crippen molar-refractivity contribution in [3.8, 4) is 22.8 Å². The number of carbonyl (C=O) groups is 1. The van der Waals surface area contributed by atoms with Crippen molar-refractivity contribution in [2.24, 2.45) is 0 Å². The highest BCUT2D eigenvalue weighted by Crippen LogP contribution is 2.32. The molecular weight excluding hydrogens is 394 g/mol. The quantitative estimate of drug-likeness (QED) is 0.436. The normalized spacial score (nSPS) is 10.4. The molecule has 0 bridgehead atoms. The molecule has 3 rings (SSSR count). The molecule has 2 aromatic carbocycles. The lowest BCUT2D eigenvalue weighted by atomic mass is 10.1. The molecule has 1 amide bonds. The van der Waals surface area contributed by atoms with Crippen molar-refractivity contribution in [1.29, 1.82) is 0 Å². The Morgan fingerprint density at radius 3 is 2.72 bits per heavy atom. The van der Waals surface area contributed by atoms with E-state index in [0.29, 0.717) is 34.3 Å². The monoisotopic (exact) mass is 413 g/mol. The van der Waals surface area contributed by atoms with E-state index in [4.69, 9.17) is 9.47 Å². The molecular formula is C20H19N3O5S. The number of nitro benzene ring substituents is 1. The van der Waals surface area contributed by atoms with E-state index in [1.54, 1.807) is 37.8 Å². The van der Waals surface area contributed by atoms with Crippen molar-refractivity contribution in [2.75, 3.05) is 19.5 Å². The SMILES string of the molecule is COc1cccc(CCC(=O)Nc2nc(-c3cccc([N+](=O)[O-])c3)cs2)c1OC. The third-order valence-electron chi connectivity index (χ3n) is 4.21. The van der Waals surface area contributed by atoms with Gasteiger partial charge < -0.3 is 14.8 Å². The Hall–Kier alpha value is -3.46. The number of amides is 1. The molecule has 0 radical (unpaired) electrons. The summed E-state index contributed by atoms with van der Waals surface area (Å²) < 4.78 is 10.7. The number of ether oxygens (including phenoxy) is 2. The Morgan fingerprint density at radius 1 is 1.21 bits per heavy atom. The molecule has 0 atom stereocenters. The minimum absolute atomic E-state index is 0.00618. The van der Waals surface area contributed by atoms with E-state index in [1.165, 1.54) is 23.5 Å². The molecule has 3 aromatic rings. The van der Waals surface area contributed by atoms with E-state index in [2.05, 4.69) is 10.3 Å². The Kier molecular flexibility index (Phi) is 6.40. The second-order valence-corrected chi connectivity index (χ2v) is 6.90. The number of nitrogens with one attached hydrogen (secondary N) is 1. The number of hydrogen-bond donors (Lipinski definition) is 1. The van der Waals surface area contributed by atoms with Gasteiger partial charge in [-0.05, 0) is 18.1 Å². The zero-order valence-electron chi connectivity index (χ0n) is 15.9. The summed E-state index contributed by atoms with van der Waals surface area (Å²) in [6.07, 6.45) is 0.727. The maximum Gasteiger partial charge on any atom is 0.270 e. The molecule has 1 aromatic heterocycles. The van der Waals surface area contributed by atoms with E-state index < -0.39 is 4.92 Å². The van der Waals surface area contributed by atoms with E-state index in [1.807, 2.05) is 12.1 Å². The van der Waals surface area contributed by atoms with Crippen LogP contribution < -0.4 is 14.8 Å². The van der Waals surface area contributed by atoms with Gasteiger partial charge in [0.15, 0.2) is 16.6 Å². The Balaban J connectivity index is 1.64. The lowest BCUT2D eigenvalue weighted by Gasteiger charge is -2.12. The molecule has 0 fully saturated rings. The van der Waals surface area contributed by atoms with Gasteiger partial charge in [-0.1, -0.05) is 24.3 Å². The summed E-state index contributed by atoms with van der Waals surface area (Å²) in [7, 11) is 3.13. The first-order valence-corrected chi connectivity index (χ1v) is 9.60. The van der Waals surface area contributed by atoms with Crippen LogP contribution in [0.4, 0.5) is 10.8 Å². The zero-order chi connectivity index (χ0) is 20.8. The highest BCUT2D eigenvalue weighted by Gasteiger charge is 2.14. The largest absolute Gasteiger partial charge is 0.493 e. The lowest BCUT2D eigenvalue weighted by Crippen LogP contribution is -2.12. The molecule has 0 aliphatic rings. The van der Waals surface area contributed by atoms with Gasteiger partial charge in [0, 0.05) is 29.5 Å². The summed E-state index contributed by atoms with van der Waals surface area (Å²) in [4.78, 5) is 27.2. The van der Waals surface area contributed by atoms with E-state index >= 15 is 0 Å². The zero-order valence-corrected chi connectivity index (χ0v) is 16.7. The van der Waals surface area contributed by atoms with Crippen molar-refractivity contribution < 1.29 is 19.2 Å². The van der Waals surface area contributed by atoms with Crippen LogP contribution in [0.25, 0.3) is 11.3 Å². The molecule has 0 saturated heterocycles. The number of carbonyl (C=O) groups excluding carboxylic acids is 1. The number of rotatable bonds is 8. The van der Waals surface area contributed by atoms with Crippen molar-refractivity contribution in [3.63, 3.8) is 0 Å². The molecule has 150 valence electrons. The molecule has 0 unspecified atom stereocenters. The van der Waals surface area contributed by atoms with Crippen LogP contribution in [0.2, 0.25) is 0 Å². The second-order valence-electron chi connectivity index (χ2n) is 6.05. The fourth-order valence-electron chi connectivity index (χ4n) is 2.82. The average molecular weight is 413 g/mol. The first-order chi connectivity index (χ1) is 14.0. The number of thiazole rings is 1. The summed E-state index contributed by atoms with van der Waals surface area (Å²) in [6, 6.07) is 11.8. The van der Waals surface area contributed by atoms with Crippen molar-refractivity contribution in [2.45, 2.75) is 12.8 Å².